The number of rotatable bonds is 13. The second-order valence-corrected chi connectivity index (χ2v) is 11.0. The topological polar surface area (TPSA) is 68.3 Å². The van der Waals surface area contributed by atoms with Gasteiger partial charge >= 0.3 is 0 Å². The molecule has 0 amide bonds. The Bertz CT molecular complexity index is 1140. The molecule has 1 aliphatic carbocycles. The quantitative estimate of drug-likeness (QED) is 0.214. The van der Waals surface area contributed by atoms with Crippen LogP contribution in [0.2, 0.25) is 0 Å². The van der Waals surface area contributed by atoms with Crippen LogP contribution in [0, 0.1) is 31.6 Å². The fourth-order valence-corrected chi connectivity index (χ4v) is 6.17. The Morgan fingerprint density at radius 3 is 2.30 bits per heavy atom. The summed E-state index contributed by atoms with van der Waals surface area (Å²) < 4.78 is 0. The Balaban J connectivity index is 1.80. The van der Waals surface area contributed by atoms with E-state index in [1.54, 1.807) is 0 Å². The second kappa shape index (κ2) is 13.1. The molecule has 0 radical (unpaired) electrons. The third-order valence-corrected chi connectivity index (χ3v) is 8.00. The summed E-state index contributed by atoms with van der Waals surface area (Å²) in [5.74, 6) is 0.466. The molecule has 0 heterocycles. The van der Waals surface area contributed by atoms with Crippen molar-refractivity contribution in [1.82, 2.24) is 0 Å². The summed E-state index contributed by atoms with van der Waals surface area (Å²) in [4.78, 5) is 50.7. The molecule has 0 spiro atoms. The lowest BCUT2D eigenvalue weighted by Gasteiger charge is -2.32. The molecule has 0 fully saturated rings. The van der Waals surface area contributed by atoms with E-state index in [0.717, 1.165) is 65.5 Å². The average Bonchev–Trinajstić information content (AvgIpc) is 2.83. The maximum atomic E-state index is 13.3. The molecule has 0 N–H and O–H groups in total. The molecule has 3 atom stereocenters. The van der Waals surface area contributed by atoms with Gasteiger partial charge in [-0.05, 0) is 75.0 Å². The molecular formula is C33H42O4. The number of carbonyl (C=O) groups excluding carboxylic acids is 4. The normalized spacial score (nSPS) is 16.7. The third-order valence-electron chi connectivity index (χ3n) is 8.00. The standard InChI is InChI=1S/C33H42O4/c1-6-8-27(28(7-2)31(36)17-23(5)34)18-24-19-29-25(14-11-22(4)33(29)32(37)20-24)15-16-30(35)26-12-9-21(3)10-13-26/h9-14,24,27-28H,6-8,15-20H2,1-5H3. The van der Waals surface area contributed by atoms with Crippen molar-refractivity contribution in [2.24, 2.45) is 17.8 Å². The Labute approximate surface area is 222 Å². The van der Waals surface area contributed by atoms with Gasteiger partial charge in [0.05, 0.1) is 6.42 Å². The fourth-order valence-electron chi connectivity index (χ4n) is 6.17. The number of benzene rings is 2. The van der Waals surface area contributed by atoms with Crippen molar-refractivity contribution in [2.45, 2.75) is 92.4 Å². The third kappa shape index (κ3) is 7.34. The van der Waals surface area contributed by atoms with Gasteiger partial charge in [-0.1, -0.05) is 68.7 Å². The molecule has 2 aromatic rings. The summed E-state index contributed by atoms with van der Waals surface area (Å²) in [7, 11) is 0. The molecule has 0 saturated carbocycles. The largest absolute Gasteiger partial charge is 0.300 e. The Morgan fingerprint density at radius 2 is 1.68 bits per heavy atom. The van der Waals surface area contributed by atoms with Crippen molar-refractivity contribution in [2.75, 3.05) is 0 Å². The van der Waals surface area contributed by atoms with E-state index in [1.807, 2.05) is 51.1 Å². The van der Waals surface area contributed by atoms with Gasteiger partial charge < -0.3 is 0 Å². The van der Waals surface area contributed by atoms with Gasteiger partial charge in [-0.15, -0.1) is 0 Å². The van der Waals surface area contributed by atoms with E-state index < -0.39 is 0 Å². The highest BCUT2D eigenvalue weighted by Crippen LogP contribution is 2.38. The summed E-state index contributed by atoms with van der Waals surface area (Å²) in [5, 5.41) is 0. The lowest BCUT2D eigenvalue weighted by molar-refractivity contribution is -0.129. The molecule has 3 unspecified atom stereocenters. The minimum absolute atomic E-state index is 0.00348. The number of hydrogen-bond acceptors (Lipinski definition) is 4. The maximum absolute atomic E-state index is 13.3. The van der Waals surface area contributed by atoms with Crippen molar-refractivity contribution in [3.8, 4) is 0 Å². The summed E-state index contributed by atoms with van der Waals surface area (Å²) in [5.41, 5.74) is 5.87. The summed E-state index contributed by atoms with van der Waals surface area (Å²) in [6, 6.07) is 11.8. The molecule has 4 nitrogen and oxygen atoms in total. The van der Waals surface area contributed by atoms with Crippen LogP contribution < -0.4 is 0 Å². The first-order valence-electron chi connectivity index (χ1n) is 13.9. The maximum Gasteiger partial charge on any atom is 0.163 e. The van der Waals surface area contributed by atoms with Crippen LogP contribution in [0.25, 0.3) is 0 Å². The van der Waals surface area contributed by atoms with Crippen molar-refractivity contribution in [3.63, 3.8) is 0 Å². The molecule has 1 aliphatic rings. The van der Waals surface area contributed by atoms with E-state index in [9.17, 15) is 19.2 Å². The first-order valence-corrected chi connectivity index (χ1v) is 13.9. The zero-order valence-electron chi connectivity index (χ0n) is 23.2. The zero-order valence-corrected chi connectivity index (χ0v) is 23.2. The lowest BCUT2D eigenvalue weighted by atomic mass is 9.71. The van der Waals surface area contributed by atoms with Gasteiger partial charge in [-0.3, -0.25) is 19.2 Å². The van der Waals surface area contributed by atoms with Crippen molar-refractivity contribution in [1.29, 1.82) is 0 Å². The number of Topliss-reactive ketones (excluding diaryl/α,β-unsaturated/α-hetero) is 4. The van der Waals surface area contributed by atoms with Crippen molar-refractivity contribution in [3.05, 3.63) is 69.8 Å². The van der Waals surface area contributed by atoms with E-state index in [1.165, 1.54) is 6.92 Å². The lowest BCUT2D eigenvalue weighted by Crippen LogP contribution is -2.30. The van der Waals surface area contributed by atoms with Crippen LogP contribution in [-0.2, 0) is 22.4 Å². The summed E-state index contributed by atoms with van der Waals surface area (Å²) in [6.07, 6.45) is 5.75. The van der Waals surface area contributed by atoms with Crippen LogP contribution >= 0.6 is 0 Å². The van der Waals surface area contributed by atoms with Gasteiger partial charge in [0.25, 0.3) is 0 Å². The number of aryl methyl sites for hydroxylation is 3. The van der Waals surface area contributed by atoms with Gasteiger partial charge in [0.2, 0.25) is 0 Å². The van der Waals surface area contributed by atoms with Crippen LogP contribution in [-0.4, -0.2) is 23.1 Å². The average molecular weight is 503 g/mol. The van der Waals surface area contributed by atoms with Crippen molar-refractivity contribution < 1.29 is 19.2 Å². The van der Waals surface area contributed by atoms with Crippen LogP contribution in [0.5, 0.6) is 0 Å². The van der Waals surface area contributed by atoms with E-state index in [4.69, 9.17) is 0 Å². The highest BCUT2D eigenvalue weighted by molar-refractivity contribution is 6.01. The van der Waals surface area contributed by atoms with Gasteiger partial charge in [-0.2, -0.15) is 0 Å². The second-order valence-electron chi connectivity index (χ2n) is 11.0. The summed E-state index contributed by atoms with van der Waals surface area (Å²) >= 11 is 0. The molecule has 198 valence electrons. The Morgan fingerprint density at radius 1 is 0.973 bits per heavy atom. The minimum atomic E-state index is -0.135. The summed E-state index contributed by atoms with van der Waals surface area (Å²) in [6.45, 7) is 9.63. The van der Waals surface area contributed by atoms with Gasteiger partial charge in [0.15, 0.2) is 11.6 Å². The van der Waals surface area contributed by atoms with Crippen LogP contribution in [0.15, 0.2) is 36.4 Å². The van der Waals surface area contributed by atoms with E-state index >= 15 is 0 Å². The Kier molecular flexibility index (Phi) is 10.1. The molecule has 0 saturated heterocycles. The number of fused-ring (bicyclic) bond motifs is 1. The van der Waals surface area contributed by atoms with Gasteiger partial charge in [0, 0.05) is 29.9 Å². The molecule has 2 aromatic carbocycles. The van der Waals surface area contributed by atoms with Crippen LogP contribution in [0.4, 0.5) is 0 Å². The predicted octanol–water partition coefficient (Wildman–Crippen LogP) is 7.24. The minimum Gasteiger partial charge on any atom is -0.300 e. The molecule has 4 heteroatoms. The molecule has 0 aromatic heterocycles. The number of ketones is 4. The number of hydrogen-bond donors (Lipinski definition) is 0. The number of carbonyl (C=O) groups is 4. The highest BCUT2D eigenvalue weighted by atomic mass is 16.1. The molecular weight excluding hydrogens is 460 g/mol. The predicted molar refractivity (Wildman–Crippen MR) is 148 cm³/mol. The first kappa shape index (κ1) is 28.7. The van der Waals surface area contributed by atoms with Gasteiger partial charge in [0.1, 0.15) is 11.6 Å². The Hall–Kier alpha value is -2.88. The van der Waals surface area contributed by atoms with Crippen LogP contribution in [0.3, 0.4) is 0 Å². The molecule has 0 bridgehead atoms. The first-order chi connectivity index (χ1) is 17.6. The van der Waals surface area contributed by atoms with Crippen LogP contribution in [0.1, 0.15) is 109 Å². The van der Waals surface area contributed by atoms with E-state index in [-0.39, 0.29) is 47.3 Å². The SMILES string of the molecule is CCCC(CC1CC(=O)c2c(C)ccc(CCC(=O)c3ccc(C)cc3)c2C1)C(CC)C(=O)CC(C)=O. The smallest absolute Gasteiger partial charge is 0.163 e. The molecule has 37 heavy (non-hydrogen) atoms. The molecule has 3 rings (SSSR count). The molecule has 0 aliphatic heterocycles. The highest BCUT2D eigenvalue weighted by Gasteiger charge is 2.33. The monoisotopic (exact) mass is 502 g/mol. The van der Waals surface area contributed by atoms with Crippen molar-refractivity contribution >= 4 is 23.1 Å². The van der Waals surface area contributed by atoms with E-state index in [2.05, 4.69) is 13.0 Å². The fraction of sp³-hybridized carbons (Fsp3) is 0.515. The van der Waals surface area contributed by atoms with E-state index in [0.29, 0.717) is 19.3 Å². The zero-order chi connectivity index (χ0) is 27.1. The van der Waals surface area contributed by atoms with Gasteiger partial charge in [-0.25, -0.2) is 0 Å².